The predicted octanol–water partition coefficient (Wildman–Crippen LogP) is 4.54. The van der Waals surface area contributed by atoms with Crippen LogP contribution in [-0.4, -0.2) is 35.0 Å². The Bertz CT molecular complexity index is 1040. The van der Waals surface area contributed by atoms with Crippen LogP contribution in [0.5, 0.6) is 0 Å². The maximum Gasteiger partial charge on any atom is 0.319 e. The van der Waals surface area contributed by atoms with E-state index in [0.29, 0.717) is 12.2 Å². The molecule has 7 heteroatoms. The number of aromatic nitrogens is 1. The van der Waals surface area contributed by atoms with Crippen molar-refractivity contribution in [3.8, 4) is 0 Å². The molecule has 2 heterocycles. The van der Waals surface area contributed by atoms with Crippen molar-refractivity contribution in [2.75, 3.05) is 18.4 Å². The summed E-state index contributed by atoms with van der Waals surface area (Å²) < 4.78 is 27.1. The van der Waals surface area contributed by atoms with Gasteiger partial charge in [0.2, 0.25) is 0 Å². The second kappa shape index (κ2) is 10.3. The summed E-state index contributed by atoms with van der Waals surface area (Å²) in [4.78, 5) is 18.4. The summed E-state index contributed by atoms with van der Waals surface area (Å²) in [6.45, 7) is 2.05. The lowest BCUT2D eigenvalue weighted by Crippen LogP contribution is -2.43. The van der Waals surface area contributed by atoms with Gasteiger partial charge in [0, 0.05) is 43.8 Å². The number of anilines is 1. The minimum Gasteiger partial charge on any atom is -0.338 e. The third-order valence-corrected chi connectivity index (χ3v) is 5.74. The zero-order valence-corrected chi connectivity index (χ0v) is 17.7. The van der Waals surface area contributed by atoms with Crippen molar-refractivity contribution in [1.82, 2.24) is 15.2 Å². The quantitative estimate of drug-likeness (QED) is 0.535. The largest absolute Gasteiger partial charge is 0.338 e. The third-order valence-electron chi connectivity index (χ3n) is 5.74. The number of pyridine rings is 1. The predicted molar refractivity (Wildman–Crippen MR) is 120 cm³/mol. The standard InChI is InChI=1S/C25H26F2N4O/c26-21-5-2-18(3-6-21)14-24-16-20-15-22(27)7-4-19(20)17-31(24)13-1-10-29-25(32)30-23-8-11-28-12-9-23/h2-9,11-12,15,24H,1,10,13-14,16-17H2,(H2,28,29,30,32). The molecule has 1 atom stereocenters. The van der Waals surface area contributed by atoms with E-state index in [0.717, 1.165) is 49.0 Å². The van der Waals surface area contributed by atoms with Crippen LogP contribution >= 0.6 is 0 Å². The van der Waals surface area contributed by atoms with Gasteiger partial charge >= 0.3 is 6.03 Å². The second-order valence-corrected chi connectivity index (χ2v) is 8.04. The summed E-state index contributed by atoms with van der Waals surface area (Å²) in [5, 5.41) is 5.65. The topological polar surface area (TPSA) is 57.3 Å². The number of hydrogen-bond acceptors (Lipinski definition) is 3. The highest BCUT2D eigenvalue weighted by molar-refractivity contribution is 5.88. The molecule has 1 aromatic heterocycles. The Morgan fingerprint density at radius 1 is 1.00 bits per heavy atom. The number of nitrogens with zero attached hydrogens (tertiary/aromatic N) is 2. The molecule has 0 saturated heterocycles. The molecule has 5 nitrogen and oxygen atoms in total. The van der Waals surface area contributed by atoms with Crippen molar-refractivity contribution in [2.24, 2.45) is 0 Å². The van der Waals surface area contributed by atoms with Gasteiger partial charge in [-0.2, -0.15) is 0 Å². The first-order chi connectivity index (χ1) is 15.6. The average molecular weight is 437 g/mol. The first-order valence-corrected chi connectivity index (χ1v) is 10.8. The maximum atomic E-state index is 13.8. The number of amides is 2. The summed E-state index contributed by atoms with van der Waals surface area (Å²) in [6.07, 6.45) is 5.51. The number of fused-ring (bicyclic) bond motifs is 1. The van der Waals surface area contributed by atoms with E-state index in [-0.39, 0.29) is 23.7 Å². The molecule has 0 spiro atoms. The molecule has 4 rings (SSSR count). The average Bonchev–Trinajstić information content (AvgIpc) is 2.79. The molecule has 0 saturated carbocycles. The summed E-state index contributed by atoms with van der Waals surface area (Å²) >= 11 is 0. The number of rotatable bonds is 7. The fourth-order valence-corrected chi connectivity index (χ4v) is 4.12. The molecule has 3 aromatic rings. The van der Waals surface area contributed by atoms with Crippen LogP contribution in [0.15, 0.2) is 67.0 Å². The lowest BCUT2D eigenvalue weighted by molar-refractivity contribution is 0.167. The minimum atomic E-state index is -0.252. The van der Waals surface area contributed by atoms with Crippen molar-refractivity contribution in [2.45, 2.75) is 31.8 Å². The van der Waals surface area contributed by atoms with E-state index in [1.807, 2.05) is 6.07 Å². The molecule has 166 valence electrons. The number of nitrogens with one attached hydrogen (secondary N) is 2. The molecular weight excluding hydrogens is 410 g/mol. The van der Waals surface area contributed by atoms with Crippen molar-refractivity contribution in [3.63, 3.8) is 0 Å². The van der Waals surface area contributed by atoms with Gasteiger partial charge in [0.05, 0.1) is 0 Å². The van der Waals surface area contributed by atoms with Gasteiger partial charge in [-0.25, -0.2) is 13.6 Å². The van der Waals surface area contributed by atoms with Gasteiger partial charge in [0.1, 0.15) is 11.6 Å². The maximum absolute atomic E-state index is 13.8. The van der Waals surface area contributed by atoms with Crippen molar-refractivity contribution < 1.29 is 13.6 Å². The first-order valence-electron chi connectivity index (χ1n) is 10.8. The van der Waals surface area contributed by atoms with Crippen LogP contribution in [0.1, 0.15) is 23.1 Å². The van der Waals surface area contributed by atoms with E-state index >= 15 is 0 Å². The van der Waals surface area contributed by atoms with E-state index in [1.165, 1.54) is 18.2 Å². The van der Waals surface area contributed by atoms with Gasteiger partial charge in [0.15, 0.2) is 0 Å². The normalized spacial score (nSPS) is 15.8. The fraction of sp³-hybridized carbons (Fsp3) is 0.280. The molecular formula is C25H26F2N4O. The van der Waals surface area contributed by atoms with Crippen molar-refractivity contribution in [3.05, 3.63) is 95.3 Å². The van der Waals surface area contributed by atoms with E-state index in [2.05, 4.69) is 20.5 Å². The molecule has 0 radical (unpaired) electrons. The SMILES string of the molecule is O=C(NCCCN1Cc2ccc(F)cc2CC1Cc1ccc(F)cc1)Nc1ccncc1. The zero-order chi connectivity index (χ0) is 22.3. The molecule has 1 aliphatic heterocycles. The highest BCUT2D eigenvalue weighted by atomic mass is 19.1. The van der Waals surface area contributed by atoms with Crippen LogP contribution in [0.2, 0.25) is 0 Å². The Morgan fingerprint density at radius 3 is 2.53 bits per heavy atom. The highest BCUT2D eigenvalue weighted by Crippen LogP contribution is 2.26. The lowest BCUT2D eigenvalue weighted by Gasteiger charge is -2.37. The van der Waals surface area contributed by atoms with Crippen LogP contribution in [-0.2, 0) is 19.4 Å². The third kappa shape index (κ3) is 5.88. The summed E-state index contributed by atoms with van der Waals surface area (Å²) in [6, 6.07) is 14.9. The van der Waals surface area contributed by atoms with Crippen molar-refractivity contribution >= 4 is 11.7 Å². The van der Waals surface area contributed by atoms with Crippen molar-refractivity contribution in [1.29, 1.82) is 0 Å². The van der Waals surface area contributed by atoms with E-state index in [1.54, 1.807) is 42.7 Å². The number of carbonyl (C=O) groups is 1. The number of halogens is 2. The Balaban J connectivity index is 1.35. The number of urea groups is 1. The molecule has 2 amide bonds. The monoisotopic (exact) mass is 436 g/mol. The van der Waals surface area contributed by atoms with Gasteiger partial charge in [-0.3, -0.25) is 9.88 Å². The Kier molecular flexibility index (Phi) is 7.07. The van der Waals surface area contributed by atoms with Gasteiger partial charge in [-0.15, -0.1) is 0 Å². The summed E-state index contributed by atoms with van der Waals surface area (Å²) in [7, 11) is 0. The number of hydrogen-bond donors (Lipinski definition) is 2. The molecule has 2 aromatic carbocycles. The van der Waals surface area contributed by atoms with Gasteiger partial charge in [-0.05, 0) is 72.4 Å². The first kappa shape index (κ1) is 21.9. The van der Waals surface area contributed by atoms with E-state index < -0.39 is 0 Å². The fourth-order valence-electron chi connectivity index (χ4n) is 4.12. The number of benzene rings is 2. The zero-order valence-electron chi connectivity index (χ0n) is 17.7. The van der Waals surface area contributed by atoms with E-state index in [4.69, 9.17) is 0 Å². The molecule has 0 aliphatic carbocycles. The lowest BCUT2D eigenvalue weighted by atomic mass is 9.90. The molecule has 0 fully saturated rings. The van der Waals surface area contributed by atoms with Gasteiger partial charge < -0.3 is 10.6 Å². The van der Waals surface area contributed by atoms with Crippen LogP contribution in [0, 0.1) is 11.6 Å². The molecule has 0 bridgehead atoms. The Labute approximate surface area is 186 Å². The molecule has 32 heavy (non-hydrogen) atoms. The molecule has 1 aliphatic rings. The minimum absolute atomic E-state index is 0.181. The van der Waals surface area contributed by atoms with Crippen LogP contribution in [0.3, 0.4) is 0 Å². The van der Waals surface area contributed by atoms with E-state index in [9.17, 15) is 13.6 Å². The summed E-state index contributed by atoms with van der Waals surface area (Å²) in [5.74, 6) is -0.472. The van der Waals surface area contributed by atoms with Crippen LogP contribution < -0.4 is 10.6 Å². The van der Waals surface area contributed by atoms with Gasteiger partial charge in [0.25, 0.3) is 0 Å². The number of carbonyl (C=O) groups excluding carboxylic acids is 1. The summed E-state index contributed by atoms with van der Waals surface area (Å²) in [5.41, 5.74) is 3.90. The molecule has 2 N–H and O–H groups in total. The smallest absolute Gasteiger partial charge is 0.319 e. The second-order valence-electron chi connectivity index (χ2n) is 8.04. The highest BCUT2D eigenvalue weighted by Gasteiger charge is 2.26. The molecule has 1 unspecified atom stereocenters. The van der Waals surface area contributed by atoms with Crippen LogP contribution in [0.4, 0.5) is 19.3 Å². The Morgan fingerprint density at radius 2 is 1.75 bits per heavy atom. The van der Waals surface area contributed by atoms with Gasteiger partial charge in [-0.1, -0.05) is 18.2 Å². The van der Waals surface area contributed by atoms with Crippen LogP contribution in [0.25, 0.3) is 0 Å². The Hall–Kier alpha value is -3.32.